The standard InChI is InChI=1S/C29H30ClN7/c1-21-12-11-13-22(2)36(21)28-32-27(35-31-20-23-14-9-10-19-26(23)30)33-29(34-28)37(24-15-5-3-6-16-24)25-17-7-4-8-18-25/h3-10,14-22H,11-13H2,1-2H3,(H,32,33,34,35)/t21-,22+. The summed E-state index contributed by atoms with van der Waals surface area (Å²) in [6.45, 7) is 4.46. The molecule has 0 saturated carbocycles. The normalized spacial score (nSPS) is 17.6. The number of hydrogen-bond acceptors (Lipinski definition) is 7. The van der Waals surface area contributed by atoms with E-state index in [2.05, 4.69) is 29.3 Å². The first kappa shape index (κ1) is 24.7. The van der Waals surface area contributed by atoms with Crippen LogP contribution in [0.5, 0.6) is 0 Å². The van der Waals surface area contributed by atoms with Crippen LogP contribution in [0.4, 0.5) is 29.2 Å². The molecular formula is C29H30ClN7. The van der Waals surface area contributed by atoms with Crippen molar-refractivity contribution < 1.29 is 0 Å². The second-order valence-corrected chi connectivity index (χ2v) is 9.60. The van der Waals surface area contributed by atoms with Crippen LogP contribution in [0.3, 0.4) is 0 Å². The molecule has 1 fully saturated rings. The summed E-state index contributed by atoms with van der Waals surface area (Å²) in [5, 5.41) is 5.02. The molecule has 1 N–H and O–H groups in total. The minimum Gasteiger partial charge on any atom is -0.335 e. The van der Waals surface area contributed by atoms with Crippen LogP contribution in [0.2, 0.25) is 5.02 Å². The van der Waals surface area contributed by atoms with Crippen LogP contribution in [-0.4, -0.2) is 33.3 Å². The van der Waals surface area contributed by atoms with Gasteiger partial charge in [0.2, 0.25) is 17.8 Å². The van der Waals surface area contributed by atoms with Crippen molar-refractivity contribution in [2.24, 2.45) is 5.10 Å². The predicted octanol–water partition coefficient (Wildman–Crippen LogP) is 7.21. The maximum Gasteiger partial charge on any atom is 0.250 e. The number of piperidine rings is 1. The van der Waals surface area contributed by atoms with Crippen molar-refractivity contribution in [3.05, 3.63) is 95.5 Å². The van der Waals surface area contributed by atoms with Gasteiger partial charge in [0, 0.05) is 34.0 Å². The fourth-order valence-electron chi connectivity index (χ4n) is 4.71. The van der Waals surface area contributed by atoms with E-state index in [-0.39, 0.29) is 0 Å². The second kappa shape index (κ2) is 11.4. The molecule has 8 heteroatoms. The lowest BCUT2D eigenvalue weighted by Crippen LogP contribution is -2.45. The monoisotopic (exact) mass is 511 g/mol. The molecule has 1 aromatic heterocycles. The summed E-state index contributed by atoms with van der Waals surface area (Å²) in [5.74, 6) is 1.52. The molecule has 0 bridgehead atoms. The molecule has 37 heavy (non-hydrogen) atoms. The highest BCUT2D eigenvalue weighted by atomic mass is 35.5. The molecule has 5 rings (SSSR count). The smallest absolute Gasteiger partial charge is 0.250 e. The average Bonchev–Trinajstić information content (AvgIpc) is 2.91. The van der Waals surface area contributed by atoms with E-state index in [1.807, 2.05) is 89.8 Å². The Morgan fingerprint density at radius 1 is 0.838 bits per heavy atom. The van der Waals surface area contributed by atoms with Crippen molar-refractivity contribution in [1.82, 2.24) is 15.0 Å². The minimum atomic E-state index is 0.320. The summed E-state index contributed by atoms with van der Waals surface area (Å²) in [5.41, 5.74) is 5.74. The molecule has 1 saturated heterocycles. The molecule has 0 aliphatic carbocycles. The number of hydrazone groups is 1. The maximum atomic E-state index is 6.29. The molecule has 4 aromatic rings. The SMILES string of the molecule is C[C@@H]1CCC[C@H](C)N1c1nc(NN=Cc2ccccc2Cl)nc(N(c2ccccc2)c2ccccc2)n1. The highest BCUT2D eigenvalue weighted by molar-refractivity contribution is 6.33. The summed E-state index contributed by atoms with van der Waals surface area (Å²) in [6, 6.07) is 28.4. The van der Waals surface area contributed by atoms with Gasteiger partial charge >= 0.3 is 0 Å². The Morgan fingerprint density at radius 2 is 1.43 bits per heavy atom. The Kier molecular flexibility index (Phi) is 7.61. The molecule has 0 spiro atoms. The number of nitrogens with one attached hydrogen (secondary N) is 1. The molecule has 2 atom stereocenters. The van der Waals surface area contributed by atoms with Crippen LogP contribution in [0, 0.1) is 0 Å². The number of rotatable bonds is 7. The fraction of sp³-hybridized carbons (Fsp3) is 0.241. The lowest BCUT2D eigenvalue weighted by atomic mass is 9.98. The molecule has 1 aliphatic heterocycles. The number of hydrogen-bond donors (Lipinski definition) is 1. The van der Waals surface area contributed by atoms with Crippen molar-refractivity contribution in [2.75, 3.05) is 15.2 Å². The Labute approximate surface area is 222 Å². The zero-order valence-corrected chi connectivity index (χ0v) is 21.8. The highest BCUT2D eigenvalue weighted by Crippen LogP contribution is 2.34. The van der Waals surface area contributed by atoms with E-state index in [0.29, 0.717) is 35.0 Å². The number of anilines is 5. The number of nitrogens with zero attached hydrogens (tertiary/aromatic N) is 6. The first-order chi connectivity index (χ1) is 18.1. The zero-order chi connectivity index (χ0) is 25.6. The number of benzene rings is 3. The Hall–Kier alpha value is -3.97. The van der Waals surface area contributed by atoms with Gasteiger partial charge in [0.15, 0.2) is 0 Å². The quantitative estimate of drug-likeness (QED) is 0.209. The molecule has 0 amide bonds. The molecule has 1 aliphatic rings. The van der Waals surface area contributed by atoms with Crippen LogP contribution in [-0.2, 0) is 0 Å². The average molecular weight is 512 g/mol. The van der Waals surface area contributed by atoms with Gasteiger partial charge in [0.1, 0.15) is 0 Å². The van der Waals surface area contributed by atoms with Crippen LogP contribution < -0.4 is 15.2 Å². The summed E-state index contributed by atoms with van der Waals surface area (Å²) in [7, 11) is 0. The Bertz CT molecular complexity index is 1300. The number of para-hydroxylation sites is 2. The van der Waals surface area contributed by atoms with Gasteiger partial charge in [-0.2, -0.15) is 20.1 Å². The Morgan fingerprint density at radius 3 is 2.05 bits per heavy atom. The molecular weight excluding hydrogens is 482 g/mol. The van der Waals surface area contributed by atoms with Crippen LogP contribution in [0.15, 0.2) is 90.0 Å². The van der Waals surface area contributed by atoms with Crippen LogP contribution >= 0.6 is 11.6 Å². The molecule has 7 nitrogen and oxygen atoms in total. The maximum absolute atomic E-state index is 6.29. The highest BCUT2D eigenvalue weighted by Gasteiger charge is 2.29. The molecule has 0 unspecified atom stereocenters. The summed E-state index contributed by atoms with van der Waals surface area (Å²) in [6.07, 6.45) is 5.06. The van der Waals surface area contributed by atoms with Gasteiger partial charge in [-0.1, -0.05) is 66.2 Å². The van der Waals surface area contributed by atoms with Gasteiger partial charge < -0.3 is 4.90 Å². The van der Waals surface area contributed by atoms with Crippen LogP contribution in [0.25, 0.3) is 0 Å². The van der Waals surface area contributed by atoms with Gasteiger partial charge in [-0.15, -0.1) is 0 Å². The first-order valence-electron chi connectivity index (χ1n) is 12.6. The van der Waals surface area contributed by atoms with E-state index in [1.165, 1.54) is 6.42 Å². The van der Waals surface area contributed by atoms with Crippen molar-refractivity contribution in [1.29, 1.82) is 0 Å². The lowest BCUT2D eigenvalue weighted by molar-refractivity contribution is 0.407. The first-order valence-corrected chi connectivity index (χ1v) is 13.0. The third-order valence-corrected chi connectivity index (χ3v) is 6.88. The van der Waals surface area contributed by atoms with Crippen molar-refractivity contribution in [3.8, 4) is 0 Å². The largest absolute Gasteiger partial charge is 0.335 e. The van der Waals surface area contributed by atoms with Gasteiger partial charge in [0.25, 0.3) is 0 Å². The van der Waals surface area contributed by atoms with Gasteiger partial charge in [-0.25, -0.2) is 5.43 Å². The molecule has 0 radical (unpaired) electrons. The third kappa shape index (κ3) is 5.73. The number of halogens is 1. The Balaban J connectivity index is 1.59. The van der Waals surface area contributed by atoms with Gasteiger partial charge in [-0.05, 0) is 63.4 Å². The van der Waals surface area contributed by atoms with Crippen molar-refractivity contribution in [3.63, 3.8) is 0 Å². The zero-order valence-electron chi connectivity index (χ0n) is 21.0. The van der Waals surface area contributed by atoms with Crippen molar-refractivity contribution >= 4 is 47.0 Å². The minimum absolute atomic E-state index is 0.320. The van der Waals surface area contributed by atoms with Gasteiger partial charge in [0.05, 0.1) is 6.21 Å². The molecule has 3 aromatic carbocycles. The predicted molar refractivity (Wildman–Crippen MR) is 152 cm³/mol. The van der Waals surface area contributed by atoms with E-state index in [9.17, 15) is 0 Å². The molecule has 2 heterocycles. The van der Waals surface area contributed by atoms with E-state index in [1.54, 1.807) is 6.21 Å². The second-order valence-electron chi connectivity index (χ2n) is 9.19. The fourth-order valence-corrected chi connectivity index (χ4v) is 4.89. The molecule has 188 valence electrons. The lowest BCUT2D eigenvalue weighted by Gasteiger charge is -2.39. The third-order valence-electron chi connectivity index (χ3n) is 6.54. The summed E-state index contributed by atoms with van der Waals surface area (Å²) < 4.78 is 0. The summed E-state index contributed by atoms with van der Waals surface area (Å²) >= 11 is 6.29. The van der Waals surface area contributed by atoms with E-state index < -0.39 is 0 Å². The van der Waals surface area contributed by atoms with E-state index in [4.69, 9.17) is 26.6 Å². The van der Waals surface area contributed by atoms with E-state index >= 15 is 0 Å². The van der Waals surface area contributed by atoms with Crippen molar-refractivity contribution in [2.45, 2.75) is 45.2 Å². The van der Waals surface area contributed by atoms with Gasteiger partial charge in [-0.3, -0.25) is 4.90 Å². The topological polar surface area (TPSA) is 69.5 Å². The van der Waals surface area contributed by atoms with E-state index in [0.717, 1.165) is 29.8 Å². The number of aromatic nitrogens is 3. The summed E-state index contributed by atoms with van der Waals surface area (Å²) in [4.78, 5) is 18.9. The van der Waals surface area contributed by atoms with Crippen LogP contribution in [0.1, 0.15) is 38.7 Å².